The number of aromatic nitrogens is 1. The summed E-state index contributed by atoms with van der Waals surface area (Å²) in [6.45, 7) is 9.09. The van der Waals surface area contributed by atoms with Crippen molar-refractivity contribution in [3.8, 4) is 5.69 Å². The summed E-state index contributed by atoms with van der Waals surface area (Å²) in [7, 11) is 0. The summed E-state index contributed by atoms with van der Waals surface area (Å²) >= 11 is 1.73. The van der Waals surface area contributed by atoms with Crippen molar-refractivity contribution in [2.75, 3.05) is 4.90 Å². The molecular weight excluding hydrogens is 593 g/mol. The van der Waals surface area contributed by atoms with E-state index >= 15 is 0 Å². The number of hydrogen-bond acceptors (Lipinski definition) is 3. The third-order valence-corrected chi connectivity index (χ3v) is 11.3. The molecule has 1 aliphatic heterocycles. The minimum Gasteiger partial charge on any atom is -0.309 e. The minimum atomic E-state index is -0.247. The predicted molar refractivity (Wildman–Crippen MR) is 201 cm³/mol. The van der Waals surface area contributed by atoms with E-state index < -0.39 is 0 Å². The van der Waals surface area contributed by atoms with Crippen LogP contribution in [0.15, 0.2) is 132 Å². The highest BCUT2D eigenvalue weighted by Crippen LogP contribution is 2.56. The van der Waals surface area contributed by atoms with Crippen LogP contribution in [0.1, 0.15) is 50.3 Å². The first-order chi connectivity index (χ1) is 22.8. The molecule has 0 saturated carbocycles. The summed E-state index contributed by atoms with van der Waals surface area (Å²) in [5.41, 5.74) is 10.5. The molecule has 0 unspecified atom stereocenters. The molecule has 6 aromatic carbocycles. The summed E-state index contributed by atoms with van der Waals surface area (Å²) < 4.78 is 4.43. The van der Waals surface area contributed by atoms with Crippen LogP contribution in [-0.2, 0) is 5.41 Å². The van der Waals surface area contributed by atoms with Crippen LogP contribution in [0.2, 0.25) is 0 Å². The van der Waals surface area contributed by atoms with Crippen molar-refractivity contribution in [2.24, 2.45) is 0 Å². The molecule has 4 heteroatoms. The van der Waals surface area contributed by atoms with Gasteiger partial charge < -0.3 is 9.47 Å². The zero-order valence-corrected chi connectivity index (χ0v) is 27.7. The molecule has 0 N–H and O–H groups in total. The fraction of sp³-hybridized carbons (Fsp3) is 0.140. The van der Waals surface area contributed by atoms with Gasteiger partial charge in [0.25, 0.3) is 0 Å². The summed E-state index contributed by atoms with van der Waals surface area (Å²) in [6.07, 6.45) is 0. The Morgan fingerprint density at radius 3 is 2.19 bits per heavy atom. The Morgan fingerprint density at radius 2 is 1.36 bits per heavy atom. The predicted octanol–water partition coefficient (Wildman–Crippen LogP) is 11.7. The van der Waals surface area contributed by atoms with Crippen LogP contribution < -0.4 is 10.3 Å². The molecule has 0 saturated heterocycles. The maximum atomic E-state index is 14.1. The van der Waals surface area contributed by atoms with Crippen molar-refractivity contribution in [1.29, 1.82) is 0 Å². The smallest absolute Gasteiger partial charge is 0.195 e. The van der Waals surface area contributed by atoms with Crippen LogP contribution in [0, 0.1) is 0 Å². The Kier molecular flexibility index (Phi) is 6.06. The molecule has 0 atom stereocenters. The number of para-hydroxylation sites is 3. The van der Waals surface area contributed by atoms with E-state index in [2.05, 4.69) is 152 Å². The number of nitrogens with zero attached hydrogens (tertiary/aromatic N) is 2. The average Bonchev–Trinajstić information content (AvgIpc) is 3.43. The van der Waals surface area contributed by atoms with E-state index in [-0.39, 0.29) is 10.8 Å². The molecule has 0 spiro atoms. The molecule has 3 heterocycles. The number of rotatable bonds is 3. The van der Waals surface area contributed by atoms with Crippen molar-refractivity contribution < 1.29 is 0 Å². The second-order valence-corrected chi connectivity index (χ2v) is 14.6. The van der Waals surface area contributed by atoms with Gasteiger partial charge in [-0.05, 0) is 77.2 Å². The highest BCUT2D eigenvalue weighted by Gasteiger charge is 2.39. The quantitative estimate of drug-likeness (QED) is 0.182. The van der Waals surface area contributed by atoms with Crippen LogP contribution in [0.5, 0.6) is 0 Å². The van der Waals surface area contributed by atoms with E-state index in [0.717, 1.165) is 42.8 Å². The lowest BCUT2D eigenvalue weighted by Gasteiger charge is -2.42. The second kappa shape index (κ2) is 10.2. The largest absolute Gasteiger partial charge is 0.309 e. The molecule has 0 amide bonds. The van der Waals surface area contributed by atoms with Crippen molar-refractivity contribution in [1.82, 2.24) is 4.57 Å². The molecule has 228 valence electrons. The first-order valence-electron chi connectivity index (χ1n) is 16.4. The van der Waals surface area contributed by atoms with Gasteiger partial charge in [0.2, 0.25) is 0 Å². The van der Waals surface area contributed by atoms with E-state index in [4.69, 9.17) is 0 Å². The fourth-order valence-electron chi connectivity index (χ4n) is 7.76. The number of benzene rings is 6. The zero-order chi connectivity index (χ0) is 32.0. The SMILES string of the molecule is CC(C)c1ccc2c(=O)c3cccc(N4c5ccccc5C(C)(C)c5ccc6c(c54)c4ccccc4n6-c4ccccc4)c3sc2c1. The Morgan fingerprint density at radius 1 is 0.638 bits per heavy atom. The highest BCUT2D eigenvalue weighted by molar-refractivity contribution is 7.25. The van der Waals surface area contributed by atoms with Gasteiger partial charge >= 0.3 is 0 Å². The average molecular weight is 627 g/mol. The third-order valence-electron chi connectivity index (χ3n) is 10.1. The van der Waals surface area contributed by atoms with Crippen molar-refractivity contribution in [3.63, 3.8) is 0 Å². The van der Waals surface area contributed by atoms with Gasteiger partial charge in [0.05, 0.1) is 32.8 Å². The van der Waals surface area contributed by atoms with E-state index in [1.165, 1.54) is 38.7 Å². The minimum absolute atomic E-state index is 0.0932. The van der Waals surface area contributed by atoms with Gasteiger partial charge in [-0.25, -0.2) is 0 Å². The molecule has 0 radical (unpaired) electrons. The van der Waals surface area contributed by atoms with Gasteiger partial charge in [0.15, 0.2) is 5.43 Å². The molecule has 0 bridgehead atoms. The van der Waals surface area contributed by atoms with Gasteiger partial charge in [-0.3, -0.25) is 4.79 Å². The Hall–Kier alpha value is -5.19. The van der Waals surface area contributed by atoms with E-state index in [9.17, 15) is 4.79 Å². The first-order valence-corrected chi connectivity index (χ1v) is 17.2. The third kappa shape index (κ3) is 3.95. The fourth-order valence-corrected chi connectivity index (χ4v) is 8.98. The van der Waals surface area contributed by atoms with Gasteiger partial charge in [-0.1, -0.05) is 100 Å². The summed E-state index contributed by atoms with van der Waals surface area (Å²) in [6, 6.07) is 45.4. The van der Waals surface area contributed by atoms with E-state index in [1.807, 2.05) is 12.1 Å². The van der Waals surface area contributed by atoms with Crippen LogP contribution in [-0.4, -0.2) is 4.57 Å². The second-order valence-electron chi connectivity index (χ2n) is 13.5. The van der Waals surface area contributed by atoms with E-state index in [1.54, 1.807) is 11.3 Å². The molecule has 0 aliphatic carbocycles. The highest BCUT2D eigenvalue weighted by atomic mass is 32.1. The van der Waals surface area contributed by atoms with Crippen LogP contribution in [0.4, 0.5) is 17.1 Å². The van der Waals surface area contributed by atoms with Gasteiger partial charge in [0.1, 0.15) is 0 Å². The van der Waals surface area contributed by atoms with Gasteiger partial charge in [0, 0.05) is 37.3 Å². The summed E-state index contributed by atoms with van der Waals surface area (Å²) in [4.78, 5) is 16.6. The maximum Gasteiger partial charge on any atom is 0.195 e. The number of hydrogen-bond donors (Lipinski definition) is 0. The van der Waals surface area contributed by atoms with Crippen LogP contribution in [0.3, 0.4) is 0 Å². The monoisotopic (exact) mass is 626 g/mol. The maximum absolute atomic E-state index is 14.1. The van der Waals surface area contributed by atoms with Gasteiger partial charge in [-0.2, -0.15) is 0 Å². The lowest BCUT2D eigenvalue weighted by atomic mass is 9.73. The molecule has 8 aromatic rings. The number of fused-ring (bicyclic) bond motifs is 8. The van der Waals surface area contributed by atoms with E-state index in [0.29, 0.717) is 5.92 Å². The topological polar surface area (TPSA) is 25.2 Å². The van der Waals surface area contributed by atoms with Crippen LogP contribution in [0.25, 0.3) is 47.7 Å². The normalized spacial score (nSPS) is 13.9. The first kappa shape index (κ1) is 28.1. The van der Waals surface area contributed by atoms with Crippen molar-refractivity contribution in [3.05, 3.63) is 154 Å². The van der Waals surface area contributed by atoms with Gasteiger partial charge in [-0.15, -0.1) is 11.3 Å². The lowest BCUT2D eigenvalue weighted by molar-refractivity contribution is 0.633. The molecule has 3 nitrogen and oxygen atoms in total. The molecule has 0 fully saturated rings. The number of anilines is 3. The molecule has 9 rings (SSSR count). The zero-order valence-electron chi connectivity index (χ0n) is 26.9. The van der Waals surface area contributed by atoms with Crippen LogP contribution >= 0.6 is 11.3 Å². The summed E-state index contributed by atoms with van der Waals surface area (Å²) in [5, 5.41) is 3.98. The Balaban J connectivity index is 1.45. The molecule has 47 heavy (non-hydrogen) atoms. The Bertz CT molecular complexity index is 2610. The standard InChI is InChI=1S/C43H34N2OS/c1-26(2)27-21-22-30-38(25-27)47-42-31(41(30)46)16-12-20-37(42)45-35-19-11-9-17-32(35)43(3,4)33-23-24-36-39(40(33)45)29-15-8-10-18-34(29)44(36)28-13-6-5-7-14-28/h5-26H,1-4H3. The molecule has 2 aromatic heterocycles. The van der Waals surface area contributed by atoms with Crippen molar-refractivity contribution in [2.45, 2.75) is 39.0 Å². The molecule has 1 aliphatic rings. The summed E-state index contributed by atoms with van der Waals surface area (Å²) in [5.74, 6) is 0.380. The Labute approximate surface area is 278 Å². The molecular formula is C43H34N2OS. The lowest BCUT2D eigenvalue weighted by Crippen LogP contribution is -2.30. The van der Waals surface area contributed by atoms with Crippen molar-refractivity contribution >= 4 is 70.4 Å².